The van der Waals surface area contributed by atoms with E-state index in [0.29, 0.717) is 16.8 Å². The molecule has 0 bridgehead atoms. The van der Waals surface area contributed by atoms with Gasteiger partial charge in [-0.05, 0) is 55.0 Å². The lowest BCUT2D eigenvalue weighted by Crippen LogP contribution is -2.49. The molecule has 1 aliphatic carbocycles. The van der Waals surface area contributed by atoms with Crippen LogP contribution < -0.4 is 5.32 Å². The summed E-state index contributed by atoms with van der Waals surface area (Å²) in [5.41, 5.74) is 2.50. The van der Waals surface area contributed by atoms with Crippen molar-refractivity contribution in [2.75, 3.05) is 5.32 Å². The van der Waals surface area contributed by atoms with Crippen LogP contribution >= 0.6 is 11.3 Å². The zero-order valence-corrected chi connectivity index (χ0v) is 19.3. The van der Waals surface area contributed by atoms with Gasteiger partial charge in [-0.1, -0.05) is 49.2 Å². The largest absolute Gasteiger partial charge is 0.327 e. The lowest BCUT2D eigenvalue weighted by Gasteiger charge is -2.44. The number of ketones is 1. The maximum atomic E-state index is 13.9. The van der Waals surface area contributed by atoms with Crippen molar-refractivity contribution < 1.29 is 14.4 Å². The molecule has 33 heavy (non-hydrogen) atoms. The van der Waals surface area contributed by atoms with Gasteiger partial charge in [-0.3, -0.25) is 14.4 Å². The van der Waals surface area contributed by atoms with Crippen molar-refractivity contribution in [2.24, 2.45) is 0 Å². The minimum atomic E-state index is -0.542. The van der Waals surface area contributed by atoms with Gasteiger partial charge in [0.05, 0.1) is 12.0 Å². The Morgan fingerprint density at radius 1 is 1.00 bits per heavy atom. The van der Waals surface area contributed by atoms with E-state index < -0.39 is 5.92 Å². The molecule has 168 valence electrons. The molecule has 1 aliphatic heterocycles. The summed E-state index contributed by atoms with van der Waals surface area (Å²) in [6.07, 6.45) is 4.12. The molecule has 2 amide bonds. The molecule has 0 unspecified atom stereocenters. The number of carbonyl (C=O) groups excluding carboxylic acids is 3. The zero-order valence-electron chi connectivity index (χ0n) is 18.5. The first-order chi connectivity index (χ1) is 16.0. The summed E-state index contributed by atoms with van der Waals surface area (Å²) in [7, 11) is 0. The normalized spacial score (nSPS) is 20.5. The van der Waals surface area contributed by atoms with Gasteiger partial charge in [-0.25, -0.2) is 0 Å². The Morgan fingerprint density at radius 2 is 1.79 bits per heavy atom. The first kappa shape index (κ1) is 21.6. The van der Waals surface area contributed by atoms with Crippen LogP contribution in [0.25, 0.3) is 0 Å². The molecule has 2 atom stereocenters. The third-order valence-corrected chi connectivity index (χ3v) is 7.69. The highest BCUT2D eigenvalue weighted by Gasteiger charge is 2.47. The molecule has 0 spiro atoms. The van der Waals surface area contributed by atoms with E-state index >= 15 is 0 Å². The maximum absolute atomic E-state index is 13.9. The molecule has 3 aromatic rings. The molecular weight excluding hydrogens is 432 g/mol. The van der Waals surface area contributed by atoms with Gasteiger partial charge in [0.15, 0.2) is 5.78 Å². The quantitative estimate of drug-likeness (QED) is 0.491. The first-order valence-corrected chi connectivity index (χ1v) is 12.3. The van der Waals surface area contributed by atoms with E-state index in [1.54, 1.807) is 35.6 Å². The number of hydrogen-bond acceptors (Lipinski definition) is 4. The highest BCUT2D eigenvalue weighted by Crippen LogP contribution is 2.47. The van der Waals surface area contributed by atoms with Gasteiger partial charge in [-0.2, -0.15) is 0 Å². The number of benzene rings is 2. The monoisotopic (exact) mass is 458 g/mol. The Labute approximate surface area is 197 Å². The fourth-order valence-corrected chi connectivity index (χ4v) is 6.08. The Bertz CT molecular complexity index is 1200. The number of nitrogens with one attached hydrogen (secondary N) is 1. The van der Waals surface area contributed by atoms with Gasteiger partial charge in [0.2, 0.25) is 5.91 Å². The summed E-state index contributed by atoms with van der Waals surface area (Å²) < 4.78 is 0. The van der Waals surface area contributed by atoms with E-state index in [4.69, 9.17) is 0 Å². The van der Waals surface area contributed by atoms with Gasteiger partial charge in [-0.15, -0.1) is 11.3 Å². The third kappa shape index (κ3) is 4.00. The topological polar surface area (TPSA) is 66.5 Å². The van der Waals surface area contributed by atoms with E-state index in [1.165, 1.54) is 6.92 Å². The van der Waals surface area contributed by atoms with Crippen LogP contribution in [-0.2, 0) is 4.79 Å². The van der Waals surface area contributed by atoms with Gasteiger partial charge < -0.3 is 10.2 Å². The molecule has 6 heteroatoms. The molecule has 2 heterocycles. The highest BCUT2D eigenvalue weighted by molar-refractivity contribution is 7.10. The van der Waals surface area contributed by atoms with Crippen LogP contribution in [0.15, 0.2) is 66.0 Å². The SMILES string of the molecule is CC(=O)c1cccc(NC(=O)[C@@H]2c3ccccc3C(=O)N(C3CCCC3)[C@H]2c2cccs2)c1. The zero-order chi connectivity index (χ0) is 22.9. The molecule has 1 fully saturated rings. The van der Waals surface area contributed by atoms with Crippen LogP contribution in [0, 0.1) is 0 Å². The van der Waals surface area contributed by atoms with Crippen molar-refractivity contribution in [3.05, 3.63) is 87.6 Å². The summed E-state index contributed by atoms with van der Waals surface area (Å²) in [6.45, 7) is 1.51. The maximum Gasteiger partial charge on any atom is 0.254 e. The predicted molar refractivity (Wildman–Crippen MR) is 130 cm³/mol. The Balaban J connectivity index is 1.60. The van der Waals surface area contributed by atoms with Gasteiger partial charge in [0.1, 0.15) is 0 Å². The van der Waals surface area contributed by atoms with Gasteiger partial charge >= 0.3 is 0 Å². The molecule has 1 N–H and O–H groups in total. The van der Waals surface area contributed by atoms with E-state index in [0.717, 1.165) is 36.1 Å². The Kier molecular flexibility index (Phi) is 5.85. The second-order valence-corrected chi connectivity index (χ2v) is 9.78. The van der Waals surface area contributed by atoms with Crippen molar-refractivity contribution in [1.29, 1.82) is 0 Å². The standard InChI is InChI=1S/C27H26N2O3S/c1-17(30)18-8-6-9-19(16-18)28-26(31)24-21-12-4-5-13-22(21)27(32)29(20-10-2-3-11-20)25(24)23-14-7-15-33-23/h4-9,12-16,20,24-25H,2-3,10-11H2,1H3,(H,28,31)/t24-,25+/m1/s1. The third-order valence-electron chi connectivity index (χ3n) is 6.75. The van der Waals surface area contributed by atoms with Gasteiger partial charge in [0, 0.05) is 27.7 Å². The molecule has 1 aromatic heterocycles. The summed E-state index contributed by atoms with van der Waals surface area (Å²) in [5, 5.41) is 5.04. The van der Waals surface area contributed by atoms with Crippen molar-refractivity contribution in [2.45, 2.75) is 50.6 Å². The first-order valence-electron chi connectivity index (χ1n) is 11.4. The van der Waals surface area contributed by atoms with Crippen molar-refractivity contribution in [1.82, 2.24) is 4.90 Å². The van der Waals surface area contributed by atoms with Gasteiger partial charge in [0.25, 0.3) is 5.91 Å². The van der Waals surface area contributed by atoms with Crippen molar-refractivity contribution in [3.63, 3.8) is 0 Å². The van der Waals surface area contributed by atoms with Crippen LogP contribution in [0.5, 0.6) is 0 Å². The Morgan fingerprint density at radius 3 is 2.52 bits per heavy atom. The van der Waals surface area contributed by atoms with Crippen LogP contribution in [0.4, 0.5) is 5.69 Å². The average Bonchev–Trinajstić information content (AvgIpc) is 3.53. The van der Waals surface area contributed by atoms with Crippen LogP contribution in [-0.4, -0.2) is 28.5 Å². The van der Waals surface area contributed by atoms with E-state index in [9.17, 15) is 14.4 Å². The minimum Gasteiger partial charge on any atom is -0.327 e. The second-order valence-electron chi connectivity index (χ2n) is 8.80. The fourth-order valence-electron chi connectivity index (χ4n) is 5.22. The number of anilines is 1. The molecule has 2 aromatic carbocycles. The summed E-state index contributed by atoms with van der Waals surface area (Å²) in [6, 6.07) is 18.3. The number of thiophene rings is 1. The smallest absolute Gasteiger partial charge is 0.254 e. The summed E-state index contributed by atoms with van der Waals surface area (Å²) in [5.74, 6) is -0.752. The number of amides is 2. The highest BCUT2D eigenvalue weighted by atomic mass is 32.1. The number of rotatable bonds is 5. The van der Waals surface area contributed by atoms with Crippen LogP contribution in [0.1, 0.15) is 75.7 Å². The van der Waals surface area contributed by atoms with E-state index in [-0.39, 0.29) is 29.7 Å². The fraction of sp³-hybridized carbons (Fsp3) is 0.296. The second kappa shape index (κ2) is 8.94. The van der Waals surface area contributed by atoms with Crippen molar-refractivity contribution >= 4 is 34.6 Å². The molecule has 5 rings (SSSR count). The van der Waals surface area contributed by atoms with Crippen molar-refractivity contribution in [3.8, 4) is 0 Å². The number of hydrogen-bond donors (Lipinski definition) is 1. The molecule has 0 saturated heterocycles. The number of carbonyl (C=O) groups is 3. The Hall–Kier alpha value is -3.25. The predicted octanol–water partition coefficient (Wildman–Crippen LogP) is 5.81. The number of nitrogens with zero attached hydrogens (tertiary/aromatic N) is 1. The molecule has 2 aliphatic rings. The number of Topliss-reactive ketones (excluding diaryl/α,β-unsaturated/α-hetero) is 1. The molecule has 0 radical (unpaired) electrons. The van der Waals surface area contributed by atoms with E-state index in [2.05, 4.69) is 5.32 Å². The minimum absolute atomic E-state index is 0.0125. The number of fused-ring (bicyclic) bond motifs is 1. The molecule has 5 nitrogen and oxygen atoms in total. The van der Waals surface area contributed by atoms with Crippen LogP contribution in [0.3, 0.4) is 0 Å². The van der Waals surface area contributed by atoms with E-state index in [1.807, 2.05) is 46.7 Å². The summed E-state index contributed by atoms with van der Waals surface area (Å²) in [4.78, 5) is 42.4. The molecule has 1 saturated carbocycles. The molecular formula is C27H26N2O3S. The lowest BCUT2D eigenvalue weighted by molar-refractivity contribution is -0.119. The van der Waals surface area contributed by atoms with Crippen LogP contribution in [0.2, 0.25) is 0 Å². The average molecular weight is 459 g/mol. The lowest BCUT2D eigenvalue weighted by atomic mass is 9.80. The summed E-state index contributed by atoms with van der Waals surface area (Å²) >= 11 is 1.58.